The molecule has 0 aliphatic rings. The van der Waals surface area contributed by atoms with Gasteiger partial charge in [0, 0.05) is 18.3 Å². The van der Waals surface area contributed by atoms with Gasteiger partial charge in [-0.1, -0.05) is 12.2 Å². The van der Waals surface area contributed by atoms with Crippen molar-refractivity contribution in [2.24, 2.45) is 0 Å². The summed E-state index contributed by atoms with van der Waals surface area (Å²) in [5, 5.41) is 2.68. The van der Waals surface area contributed by atoms with Gasteiger partial charge in [-0.05, 0) is 45.7 Å². The fourth-order valence-corrected chi connectivity index (χ4v) is 1.51. The highest BCUT2D eigenvalue weighted by Gasteiger charge is 2.15. The van der Waals surface area contributed by atoms with Gasteiger partial charge >= 0.3 is 6.09 Å². The van der Waals surface area contributed by atoms with Crippen molar-refractivity contribution in [1.29, 1.82) is 0 Å². The molecule has 0 aliphatic carbocycles. The number of aryl methyl sites for hydroxylation is 1. The van der Waals surface area contributed by atoms with Gasteiger partial charge in [0.15, 0.2) is 0 Å². The molecule has 0 unspecified atom stereocenters. The quantitative estimate of drug-likeness (QED) is 0.832. The number of rotatable bonds is 4. The van der Waals surface area contributed by atoms with Crippen molar-refractivity contribution in [3.63, 3.8) is 0 Å². The highest BCUT2D eigenvalue weighted by atomic mass is 16.6. The first-order chi connectivity index (χ1) is 9.28. The van der Waals surface area contributed by atoms with E-state index in [1.165, 1.54) is 0 Å². The van der Waals surface area contributed by atoms with Crippen LogP contribution in [0.4, 0.5) is 4.79 Å². The number of H-pyrrole nitrogens is 1. The smallest absolute Gasteiger partial charge is 0.407 e. The van der Waals surface area contributed by atoms with Crippen molar-refractivity contribution in [2.75, 3.05) is 6.54 Å². The molecular formula is C15H22N2O3. The monoisotopic (exact) mass is 278 g/mol. The molecule has 110 valence electrons. The highest BCUT2D eigenvalue weighted by Crippen LogP contribution is 2.06. The van der Waals surface area contributed by atoms with Crippen molar-refractivity contribution in [1.82, 2.24) is 10.3 Å². The Bertz CT molecular complexity index is 539. The zero-order valence-electron chi connectivity index (χ0n) is 12.4. The number of hydrogen-bond donors (Lipinski definition) is 2. The SMILES string of the molecule is Cc1cc(C=CCCNC(=O)OC(C)(C)C)c[nH]c1=O. The first-order valence-corrected chi connectivity index (χ1v) is 6.61. The zero-order valence-corrected chi connectivity index (χ0v) is 12.4. The van der Waals surface area contributed by atoms with Gasteiger partial charge in [0.05, 0.1) is 0 Å². The van der Waals surface area contributed by atoms with Gasteiger partial charge in [-0.25, -0.2) is 4.79 Å². The predicted molar refractivity (Wildman–Crippen MR) is 79.7 cm³/mol. The minimum Gasteiger partial charge on any atom is -0.444 e. The maximum absolute atomic E-state index is 11.4. The second kappa shape index (κ2) is 6.93. The van der Waals surface area contributed by atoms with Crippen LogP contribution < -0.4 is 10.9 Å². The molecule has 0 aliphatic heterocycles. The third-order valence-corrected chi connectivity index (χ3v) is 2.40. The first kappa shape index (κ1) is 16.0. The van der Waals surface area contributed by atoms with Gasteiger partial charge in [0.1, 0.15) is 5.60 Å². The van der Waals surface area contributed by atoms with Crippen molar-refractivity contribution in [3.05, 3.63) is 39.8 Å². The van der Waals surface area contributed by atoms with E-state index in [0.717, 1.165) is 5.56 Å². The van der Waals surface area contributed by atoms with Crippen LogP contribution >= 0.6 is 0 Å². The van der Waals surface area contributed by atoms with E-state index < -0.39 is 11.7 Å². The first-order valence-electron chi connectivity index (χ1n) is 6.61. The van der Waals surface area contributed by atoms with Crippen LogP contribution in [0.1, 0.15) is 38.3 Å². The average molecular weight is 278 g/mol. The molecule has 0 atom stereocenters. The number of pyridine rings is 1. The van der Waals surface area contributed by atoms with E-state index in [2.05, 4.69) is 10.3 Å². The molecule has 0 radical (unpaired) electrons. The van der Waals surface area contributed by atoms with E-state index in [4.69, 9.17) is 4.74 Å². The Morgan fingerprint density at radius 1 is 1.45 bits per heavy atom. The summed E-state index contributed by atoms with van der Waals surface area (Å²) in [6, 6.07) is 1.82. The lowest BCUT2D eigenvalue weighted by atomic mass is 10.2. The summed E-state index contributed by atoms with van der Waals surface area (Å²) in [6.07, 6.45) is 5.78. The van der Waals surface area contributed by atoms with Crippen molar-refractivity contribution in [3.8, 4) is 0 Å². The number of carbonyl (C=O) groups excluding carboxylic acids is 1. The van der Waals surface area contributed by atoms with Crippen LogP contribution in [-0.4, -0.2) is 23.2 Å². The molecule has 1 rings (SSSR count). The van der Waals surface area contributed by atoms with Crippen LogP contribution in [-0.2, 0) is 4.74 Å². The highest BCUT2D eigenvalue weighted by molar-refractivity contribution is 5.67. The number of nitrogens with one attached hydrogen (secondary N) is 2. The number of ether oxygens (including phenoxy) is 1. The minimum absolute atomic E-state index is 0.0752. The Kier molecular flexibility index (Phi) is 5.55. The van der Waals surface area contributed by atoms with Gasteiger partial charge in [0.25, 0.3) is 5.56 Å². The Morgan fingerprint density at radius 3 is 2.75 bits per heavy atom. The molecule has 5 nitrogen and oxygen atoms in total. The van der Waals surface area contributed by atoms with E-state index in [0.29, 0.717) is 18.5 Å². The van der Waals surface area contributed by atoms with Gasteiger partial charge in [0.2, 0.25) is 0 Å². The maximum Gasteiger partial charge on any atom is 0.407 e. The lowest BCUT2D eigenvalue weighted by Gasteiger charge is -2.19. The third kappa shape index (κ3) is 6.22. The van der Waals surface area contributed by atoms with Crippen LogP contribution in [0.15, 0.2) is 23.1 Å². The molecule has 1 aromatic heterocycles. The number of alkyl carbamates (subject to hydrolysis) is 1. The Balaban J connectivity index is 2.34. The Labute approximate surface area is 119 Å². The van der Waals surface area contributed by atoms with Crippen molar-refractivity contribution in [2.45, 2.75) is 39.7 Å². The molecule has 5 heteroatoms. The topological polar surface area (TPSA) is 71.2 Å². The number of carbonyl (C=O) groups is 1. The lowest BCUT2D eigenvalue weighted by Crippen LogP contribution is -2.32. The molecule has 0 saturated heterocycles. The van der Waals surface area contributed by atoms with E-state index in [9.17, 15) is 9.59 Å². The fraction of sp³-hybridized carbons (Fsp3) is 0.467. The standard InChI is InChI=1S/C15H22N2O3/c1-11-9-12(10-17-13(11)18)7-5-6-8-16-14(19)20-15(2,3)4/h5,7,9-10H,6,8H2,1-4H3,(H,16,19)(H,17,18). The molecule has 0 saturated carbocycles. The molecule has 1 amide bonds. The second-order valence-corrected chi connectivity index (χ2v) is 5.56. The maximum atomic E-state index is 11.4. The molecule has 1 aromatic rings. The summed E-state index contributed by atoms with van der Waals surface area (Å²) in [7, 11) is 0. The number of aromatic nitrogens is 1. The molecule has 0 spiro atoms. The lowest BCUT2D eigenvalue weighted by molar-refractivity contribution is 0.0529. The summed E-state index contributed by atoms with van der Waals surface area (Å²) in [5.74, 6) is 0. The Morgan fingerprint density at radius 2 is 2.15 bits per heavy atom. The molecule has 2 N–H and O–H groups in total. The molecular weight excluding hydrogens is 256 g/mol. The van der Waals surface area contributed by atoms with E-state index in [-0.39, 0.29) is 5.56 Å². The van der Waals surface area contributed by atoms with Gasteiger partial charge in [-0.3, -0.25) is 4.79 Å². The van der Waals surface area contributed by atoms with Crippen molar-refractivity contribution >= 4 is 12.2 Å². The van der Waals surface area contributed by atoms with E-state index >= 15 is 0 Å². The summed E-state index contributed by atoms with van der Waals surface area (Å²) < 4.78 is 5.12. The average Bonchev–Trinajstić information content (AvgIpc) is 2.31. The summed E-state index contributed by atoms with van der Waals surface area (Å²) >= 11 is 0. The molecule has 1 heterocycles. The van der Waals surface area contributed by atoms with Crippen LogP contribution in [0.25, 0.3) is 6.08 Å². The molecule has 20 heavy (non-hydrogen) atoms. The fourth-order valence-electron chi connectivity index (χ4n) is 1.51. The number of amides is 1. The van der Waals surface area contributed by atoms with Gasteiger partial charge in [-0.15, -0.1) is 0 Å². The van der Waals surface area contributed by atoms with Crippen LogP contribution in [0.2, 0.25) is 0 Å². The molecule has 0 fully saturated rings. The van der Waals surface area contributed by atoms with Gasteiger partial charge in [-0.2, -0.15) is 0 Å². The predicted octanol–water partition coefficient (Wildman–Crippen LogP) is 2.61. The van der Waals surface area contributed by atoms with Crippen LogP contribution in [0.3, 0.4) is 0 Å². The van der Waals surface area contributed by atoms with Gasteiger partial charge < -0.3 is 15.0 Å². The normalized spacial score (nSPS) is 11.6. The number of hydrogen-bond acceptors (Lipinski definition) is 3. The summed E-state index contributed by atoms with van der Waals surface area (Å²) in [5.41, 5.74) is 1.06. The minimum atomic E-state index is -0.479. The molecule has 0 bridgehead atoms. The summed E-state index contributed by atoms with van der Waals surface area (Å²) in [6.45, 7) is 7.75. The zero-order chi connectivity index (χ0) is 15.2. The number of aromatic amines is 1. The van der Waals surface area contributed by atoms with Crippen molar-refractivity contribution < 1.29 is 9.53 Å². The largest absolute Gasteiger partial charge is 0.444 e. The van der Waals surface area contributed by atoms with E-state index in [1.807, 2.05) is 39.0 Å². The van der Waals surface area contributed by atoms with Crippen LogP contribution in [0.5, 0.6) is 0 Å². The van der Waals surface area contributed by atoms with E-state index in [1.54, 1.807) is 13.1 Å². The Hall–Kier alpha value is -2.04. The molecule has 0 aromatic carbocycles. The summed E-state index contributed by atoms with van der Waals surface area (Å²) in [4.78, 5) is 25.2. The third-order valence-electron chi connectivity index (χ3n) is 2.40. The van der Waals surface area contributed by atoms with Crippen LogP contribution in [0, 0.1) is 6.92 Å². The second-order valence-electron chi connectivity index (χ2n) is 5.56.